The van der Waals surface area contributed by atoms with Gasteiger partial charge in [-0.2, -0.15) is 0 Å². The molecule has 0 radical (unpaired) electrons. The Morgan fingerprint density at radius 1 is 0.935 bits per heavy atom. The molecule has 0 aliphatic rings. The molecule has 0 unspecified atom stereocenters. The zero-order chi connectivity index (χ0) is 22.8. The highest BCUT2D eigenvalue weighted by Crippen LogP contribution is 2.38. The summed E-state index contributed by atoms with van der Waals surface area (Å²) in [5, 5.41) is 0. The van der Waals surface area contributed by atoms with Gasteiger partial charge in [-0.1, -0.05) is 87.4 Å². The Kier molecular flexibility index (Phi) is 6.61. The Hall–Kier alpha value is -2.59. The van der Waals surface area contributed by atoms with Crippen molar-refractivity contribution in [2.75, 3.05) is 0 Å². The Balaban J connectivity index is 2.15. The minimum Gasteiger partial charge on any atom is -0.245 e. The third kappa shape index (κ3) is 5.01. The molecule has 4 heteroatoms. The van der Waals surface area contributed by atoms with Crippen LogP contribution in [-0.2, 0) is 10.0 Å². The first-order valence-corrected chi connectivity index (χ1v) is 12.2. The van der Waals surface area contributed by atoms with Gasteiger partial charge in [-0.3, -0.25) is 0 Å². The van der Waals surface area contributed by atoms with Crippen molar-refractivity contribution in [2.45, 2.75) is 58.3 Å². The van der Waals surface area contributed by atoms with Crippen molar-refractivity contribution in [1.82, 2.24) is 3.97 Å². The van der Waals surface area contributed by atoms with Gasteiger partial charge in [-0.05, 0) is 55.0 Å². The van der Waals surface area contributed by atoms with Crippen LogP contribution in [0.25, 0.3) is 0 Å². The molecule has 0 fully saturated rings. The number of allylic oxidation sites excluding steroid dienone is 2. The maximum Gasteiger partial charge on any atom is 0.267 e. The zero-order valence-electron chi connectivity index (χ0n) is 19.3. The summed E-state index contributed by atoms with van der Waals surface area (Å²) in [5.74, 6) is 0.0252. The Morgan fingerprint density at radius 2 is 1.55 bits per heavy atom. The van der Waals surface area contributed by atoms with Gasteiger partial charge in [-0.15, -0.1) is 0 Å². The summed E-state index contributed by atoms with van der Waals surface area (Å²) >= 11 is 0. The molecule has 3 aromatic rings. The lowest BCUT2D eigenvalue weighted by molar-refractivity contribution is 0.495. The molecule has 1 heterocycles. The normalized spacial score (nSPS) is 15.0. The molecule has 2 atom stereocenters. The molecule has 0 saturated carbocycles. The fourth-order valence-corrected chi connectivity index (χ4v) is 5.05. The van der Waals surface area contributed by atoms with E-state index < -0.39 is 10.0 Å². The Morgan fingerprint density at radius 3 is 2.13 bits per heavy atom. The van der Waals surface area contributed by atoms with Gasteiger partial charge < -0.3 is 0 Å². The summed E-state index contributed by atoms with van der Waals surface area (Å²) in [6.07, 6.45) is 3.91. The van der Waals surface area contributed by atoms with Gasteiger partial charge >= 0.3 is 0 Å². The minimum atomic E-state index is -3.69. The highest BCUT2D eigenvalue weighted by atomic mass is 32.2. The molecule has 0 spiro atoms. The number of hydrogen-bond acceptors (Lipinski definition) is 2. The van der Waals surface area contributed by atoms with Crippen LogP contribution in [0.5, 0.6) is 0 Å². The highest BCUT2D eigenvalue weighted by molar-refractivity contribution is 7.90. The molecule has 3 rings (SSSR count). The van der Waals surface area contributed by atoms with Crippen LogP contribution < -0.4 is 0 Å². The molecular weight excluding hydrogens is 402 g/mol. The summed E-state index contributed by atoms with van der Waals surface area (Å²) in [6, 6.07) is 21.1. The second-order valence-electron chi connectivity index (χ2n) is 9.37. The lowest BCUT2D eigenvalue weighted by atomic mass is 9.79. The molecule has 0 bridgehead atoms. The minimum absolute atomic E-state index is 0.00190. The van der Waals surface area contributed by atoms with Gasteiger partial charge in [0.25, 0.3) is 10.0 Å². The number of benzene rings is 2. The van der Waals surface area contributed by atoms with E-state index in [9.17, 15) is 8.42 Å². The van der Waals surface area contributed by atoms with E-state index >= 15 is 0 Å². The maximum absolute atomic E-state index is 13.5. The lowest BCUT2D eigenvalue weighted by Gasteiger charge is -2.27. The van der Waals surface area contributed by atoms with Crippen molar-refractivity contribution < 1.29 is 8.42 Å². The highest BCUT2D eigenvalue weighted by Gasteiger charge is 2.28. The van der Waals surface area contributed by atoms with E-state index in [1.165, 1.54) is 15.1 Å². The molecular formula is C27H33NO2S. The van der Waals surface area contributed by atoms with Crippen LogP contribution in [0.15, 0.2) is 89.5 Å². The van der Waals surface area contributed by atoms with Crippen LogP contribution in [0.1, 0.15) is 63.3 Å². The number of nitrogens with zero attached hydrogens (tertiary/aromatic N) is 1. The number of aromatic nitrogens is 1. The third-order valence-corrected chi connectivity index (χ3v) is 7.86. The predicted octanol–water partition coefficient (Wildman–Crippen LogP) is 6.91. The van der Waals surface area contributed by atoms with Gasteiger partial charge in [0.2, 0.25) is 0 Å². The smallest absolute Gasteiger partial charge is 0.245 e. The second kappa shape index (κ2) is 8.88. The summed E-state index contributed by atoms with van der Waals surface area (Å²) < 4.78 is 28.5. The average molecular weight is 436 g/mol. The molecule has 31 heavy (non-hydrogen) atoms. The number of rotatable bonds is 6. The molecule has 164 valence electrons. The molecule has 3 nitrogen and oxygen atoms in total. The zero-order valence-corrected chi connectivity index (χ0v) is 20.1. The average Bonchev–Trinajstić information content (AvgIpc) is 3.22. The fourth-order valence-electron chi connectivity index (χ4n) is 3.65. The Bertz CT molecular complexity index is 1150. The summed E-state index contributed by atoms with van der Waals surface area (Å²) in [4.78, 5) is 0.304. The fraction of sp³-hybridized carbons (Fsp3) is 0.333. The van der Waals surface area contributed by atoms with E-state index in [1.807, 2.05) is 49.4 Å². The van der Waals surface area contributed by atoms with Crippen molar-refractivity contribution in [1.29, 1.82) is 0 Å². The topological polar surface area (TPSA) is 39.1 Å². The van der Waals surface area contributed by atoms with Crippen molar-refractivity contribution in [3.8, 4) is 0 Å². The van der Waals surface area contributed by atoms with E-state index in [0.717, 1.165) is 11.3 Å². The Labute approximate surface area is 187 Å². The van der Waals surface area contributed by atoms with Crippen LogP contribution in [0.3, 0.4) is 0 Å². The first-order valence-electron chi connectivity index (χ1n) is 10.7. The van der Waals surface area contributed by atoms with Crippen molar-refractivity contribution in [3.63, 3.8) is 0 Å². The second-order valence-corrected chi connectivity index (χ2v) is 11.2. The molecule has 0 aliphatic heterocycles. The quantitative estimate of drug-likeness (QED) is 0.394. The van der Waals surface area contributed by atoms with E-state index in [-0.39, 0.29) is 17.3 Å². The number of aryl methyl sites for hydroxylation is 1. The monoisotopic (exact) mass is 435 g/mol. The van der Waals surface area contributed by atoms with Crippen LogP contribution in [0, 0.1) is 12.3 Å². The van der Waals surface area contributed by atoms with Gasteiger partial charge in [0.15, 0.2) is 0 Å². The summed E-state index contributed by atoms with van der Waals surface area (Å²) in [5.41, 5.74) is 4.24. The van der Waals surface area contributed by atoms with E-state index in [0.29, 0.717) is 4.90 Å². The van der Waals surface area contributed by atoms with E-state index in [4.69, 9.17) is 0 Å². The standard InChI is InChI=1S/C27H33NO2S/c1-20-14-16-24(17-15-20)31(29,30)28-18-10-13-26(28)25(19-21(2)27(4,5)6)22(3)23-11-8-7-9-12-23/h7-19,22,25H,1-6H3/b21-19+/t22-,25+/m1/s1. The van der Waals surface area contributed by atoms with Gasteiger partial charge in [0, 0.05) is 17.8 Å². The van der Waals surface area contributed by atoms with E-state index in [1.54, 1.807) is 18.3 Å². The molecule has 0 aliphatic carbocycles. The maximum atomic E-state index is 13.5. The van der Waals surface area contributed by atoms with Gasteiger partial charge in [0.1, 0.15) is 0 Å². The summed E-state index contributed by atoms with van der Waals surface area (Å²) in [6.45, 7) is 12.8. The number of hydrogen-bond donors (Lipinski definition) is 0. The largest absolute Gasteiger partial charge is 0.267 e. The van der Waals surface area contributed by atoms with Crippen LogP contribution >= 0.6 is 0 Å². The van der Waals surface area contributed by atoms with E-state index in [2.05, 4.69) is 52.8 Å². The van der Waals surface area contributed by atoms with Crippen LogP contribution in [-0.4, -0.2) is 12.4 Å². The molecule has 0 amide bonds. The van der Waals surface area contributed by atoms with Crippen molar-refractivity contribution in [3.05, 3.63) is 101 Å². The molecule has 2 aromatic carbocycles. The first kappa shape index (κ1) is 23.1. The molecule has 0 saturated heterocycles. The third-order valence-electron chi connectivity index (χ3n) is 6.14. The molecule has 1 aromatic heterocycles. The predicted molar refractivity (Wildman–Crippen MR) is 129 cm³/mol. The molecule has 0 N–H and O–H groups in total. The van der Waals surface area contributed by atoms with Crippen molar-refractivity contribution in [2.24, 2.45) is 5.41 Å². The van der Waals surface area contributed by atoms with Gasteiger partial charge in [-0.25, -0.2) is 12.4 Å². The van der Waals surface area contributed by atoms with Crippen LogP contribution in [0.4, 0.5) is 0 Å². The summed E-state index contributed by atoms with van der Waals surface area (Å²) in [7, 11) is -3.69. The van der Waals surface area contributed by atoms with Gasteiger partial charge in [0.05, 0.1) is 4.90 Å². The van der Waals surface area contributed by atoms with Crippen molar-refractivity contribution >= 4 is 10.0 Å². The lowest BCUT2D eigenvalue weighted by Crippen LogP contribution is -2.20. The first-order chi connectivity index (χ1) is 14.5. The SMILES string of the molecule is C/C(=C\[C@H](c1cccn1S(=O)(=O)c1ccc(C)cc1)[C@H](C)c1ccccc1)C(C)(C)C. The van der Waals surface area contributed by atoms with Crippen LogP contribution in [0.2, 0.25) is 0 Å².